The first-order valence-corrected chi connectivity index (χ1v) is 10.8. The normalized spacial score (nSPS) is 19.1. The first kappa shape index (κ1) is 23.2. The number of phosphoric ester groups is 1. The van der Waals surface area contributed by atoms with Crippen molar-refractivity contribution in [1.29, 1.82) is 0 Å². The first-order valence-electron chi connectivity index (χ1n) is 7.85. The summed E-state index contributed by atoms with van der Waals surface area (Å²) in [5.41, 5.74) is 0. The lowest BCUT2D eigenvalue weighted by Crippen LogP contribution is -2.37. The second-order valence-corrected chi connectivity index (χ2v) is 9.56. The molecular weight excluding hydrogens is 344 g/mol. The second kappa shape index (κ2) is 10.3. The maximum atomic E-state index is 12.4. The fourth-order valence-electron chi connectivity index (χ4n) is 1.73. The lowest BCUT2D eigenvalue weighted by atomic mass is 10.0. The van der Waals surface area contributed by atoms with Crippen molar-refractivity contribution in [3.05, 3.63) is 0 Å². The van der Waals surface area contributed by atoms with E-state index in [0.717, 1.165) is 25.7 Å². The minimum Gasteiger partial charge on any atom is -0.756 e. The van der Waals surface area contributed by atoms with Gasteiger partial charge in [-0.3, -0.25) is 13.6 Å². The monoisotopic (exact) mass is 375 g/mol. The van der Waals surface area contributed by atoms with Gasteiger partial charge in [-0.2, -0.15) is 0 Å². The van der Waals surface area contributed by atoms with E-state index in [1.807, 2.05) is 28.1 Å². The van der Waals surface area contributed by atoms with Crippen LogP contribution in [-0.2, 0) is 22.5 Å². The summed E-state index contributed by atoms with van der Waals surface area (Å²) in [6, 6.07) is 0. The van der Waals surface area contributed by atoms with Crippen molar-refractivity contribution in [2.75, 3.05) is 40.9 Å². The van der Waals surface area contributed by atoms with Crippen molar-refractivity contribution >= 4 is 15.6 Å². The van der Waals surface area contributed by atoms with Crippen molar-refractivity contribution in [2.24, 2.45) is 5.92 Å². The molecule has 0 fully saturated rings. The number of unbranched alkanes of at least 4 members (excludes halogenated alkanes) is 1. The average molecular weight is 375 g/mol. The van der Waals surface area contributed by atoms with Gasteiger partial charge in [0.15, 0.2) is 0 Å². The molecule has 0 spiro atoms. The number of likely N-dealkylation sites (N-methyl/N-ethyl adjacent to an activating group) is 1. The number of phosphoric acid groups is 2. The fourth-order valence-corrected chi connectivity index (χ4v) is 3.89. The molecule has 0 aliphatic rings. The standard InChI is InChI=1S/C13H31NO7P2/c1-6-8-9-13(7-2)12-20-23(18,21-22(15,16)17)19-11-10-14(3,4)5/h13H,6-12H2,1-5H3,(H-,15,16,17). The third-order valence-corrected chi connectivity index (χ3v) is 5.82. The Balaban J connectivity index is 4.72. The molecule has 0 aliphatic carbocycles. The molecule has 3 unspecified atom stereocenters. The highest BCUT2D eigenvalue weighted by molar-refractivity contribution is 7.60. The highest BCUT2D eigenvalue weighted by Gasteiger charge is 2.33. The molecule has 0 rings (SSSR count). The molecule has 0 aromatic heterocycles. The fraction of sp³-hybridized carbons (Fsp3) is 1.00. The number of rotatable bonds is 13. The Morgan fingerprint density at radius 1 is 1.17 bits per heavy atom. The minimum absolute atomic E-state index is 0.0213. The summed E-state index contributed by atoms with van der Waals surface area (Å²) in [6.45, 7) is 4.54. The Kier molecular flexibility index (Phi) is 10.4. The minimum atomic E-state index is -5.23. The number of nitrogens with zero attached hydrogens (tertiary/aromatic N) is 1. The first-order chi connectivity index (χ1) is 10.4. The average Bonchev–Trinajstić information content (AvgIpc) is 2.35. The highest BCUT2D eigenvalue weighted by Crippen LogP contribution is 2.59. The molecule has 23 heavy (non-hydrogen) atoms. The van der Waals surface area contributed by atoms with E-state index in [1.54, 1.807) is 0 Å². The predicted molar refractivity (Wildman–Crippen MR) is 86.6 cm³/mol. The zero-order valence-corrected chi connectivity index (χ0v) is 16.6. The summed E-state index contributed by atoms with van der Waals surface area (Å²) < 4.78 is 38.2. The van der Waals surface area contributed by atoms with Crippen LogP contribution in [-0.4, -0.2) is 50.3 Å². The summed E-state index contributed by atoms with van der Waals surface area (Å²) >= 11 is 0. The van der Waals surface area contributed by atoms with E-state index >= 15 is 0 Å². The van der Waals surface area contributed by atoms with Crippen molar-refractivity contribution in [3.8, 4) is 0 Å². The van der Waals surface area contributed by atoms with Crippen molar-refractivity contribution in [1.82, 2.24) is 0 Å². The second-order valence-electron chi connectivity index (χ2n) is 6.56. The van der Waals surface area contributed by atoms with Crippen LogP contribution < -0.4 is 4.89 Å². The Labute approximate surface area is 139 Å². The van der Waals surface area contributed by atoms with Gasteiger partial charge in [-0.05, 0) is 12.3 Å². The third-order valence-electron chi connectivity index (χ3n) is 3.23. The zero-order valence-electron chi connectivity index (χ0n) is 14.8. The Morgan fingerprint density at radius 2 is 1.78 bits per heavy atom. The van der Waals surface area contributed by atoms with E-state index in [2.05, 4.69) is 11.2 Å². The van der Waals surface area contributed by atoms with E-state index in [-0.39, 0.29) is 19.1 Å². The van der Waals surface area contributed by atoms with Crippen LogP contribution in [0, 0.1) is 5.92 Å². The van der Waals surface area contributed by atoms with Crippen LogP contribution in [0.2, 0.25) is 0 Å². The molecule has 0 bridgehead atoms. The molecule has 0 aromatic rings. The quantitative estimate of drug-likeness (QED) is 0.389. The molecule has 0 saturated heterocycles. The molecule has 10 heteroatoms. The van der Waals surface area contributed by atoms with Crippen molar-refractivity contribution < 1.29 is 36.8 Å². The molecule has 1 N–H and O–H groups in total. The Bertz CT molecular complexity index is 419. The Hall–Kier alpha value is 0.220. The van der Waals surface area contributed by atoms with Gasteiger partial charge in [-0.25, -0.2) is 8.88 Å². The number of hydrogen-bond donors (Lipinski definition) is 1. The van der Waals surface area contributed by atoms with Gasteiger partial charge in [0, 0.05) is 0 Å². The molecule has 3 atom stereocenters. The summed E-state index contributed by atoms with van der Waals surface area (Å²) in [5.74, 6) is 0.124. The smallest absolute Gasteiger partial charge is 0.481 e. The maximum Gasteiger partial charge on any atom is 0.481 e. The molecule has 8 nitrogen and oxygen atoms in total. The molecule has 0 aromatic carbocycles. The van der Waals surface area contributed by atoms with Crippen LogP contribution >= 0.6 is 15.6 Å². The highest BCUT2D eigenvalue weighted by atomic mass is 31.3. The van der Waals surface area contributed by atoms with E-state index in [0.29, 0.717) is 11.0 Å². The van der Waals surface area contributed by atoms with Crippen LogP contribution in [0.4, 0.5) is 0 Å². The van der Waals surface area contributed by atoms with E-state index in [4.69, 9.17) is 13.9 Å². The zero-order chi connectivity index (χ0) is 18.1. The van der Waals surface area contributed by atoms with Gasteiger partial charge >= 0.3 is 7.82 Å². The molecule has 0 saturated carbocycles. The van der Waals surface area contributed by atoms with E-state index in [9.17, 15) is 14.0 Å². The molecular formula is C13H31NO7P2. The summed E-state index contributed by atoms with van der Waals surface area (Å²) in [6.07, 6.45) is 3.69. The lowest BCUT2D eigenvalue weighted by Gasteiger charge is -2.27. The number of hydrogen-bond acceptors (Lipinski definition) is 6. The molecule has 0 aliphatic heterocycles. The van der Waals surface area contributed by atoms with E-state index < -0.39 is 15.6 Å². The van der Waals surface area contributed by atoms with Gasteiger partial charge in [0.2, 0.25) is 0 Å². The van der Waals surface area contributed by atoms with Gasteiger partial charge in [0.1, 0.15) is 13.2 Å². The van der Waals surface area contributed by atoms with Crippen molar-refractivity contribution in [2.45, 2.75) is 39.5 Å². The summed E-state index contributed by atoms with van der Waals surface area (Å²) in [4.78, 5) is 19.7. The summed E-state index contributed by atoms with van der Waals surface area (Å²) in [5, 5.41) is 0. The topological polar surface area (TPSA) is 105 Å². The van der Waals surface area contributed by atoms with Crippen molar-refractivity contribution in [3.63, 3.8) is 0 Å². The number of quaternary nitrogens is 1. The van der Waals surface area contributed by atoms with Crippen LogP contribution in [0.15, 0.2) is 0 Å². The SMILES string of the molecule is CCCCC(CC)COP(=O)(OCC[N+](C)(C)C)OP(=O)([O-])O. The van der Waals surface area contributed by atoms with E-state index in [1.165, 1.54) is 0 Å². The van der Waals surface area contributed by atoms with Crippen LogP contribution in [0.1, 0.15) is 39.5 Å². The van der Waals surface area contributed by atoms with Crippen LogP contribution in [0.5, 0.6) is 0 Å². The molecule has 140 valence electrons. The molecule has 0 heterocycles. The van der Waals surface area contributed by atoms with Crippen LogP contribution in [0.25, 0.3) is 0 Å². The summed E-state index contributed by atoms with van der Waals surface area (Å²) in [7, 11) is -3.88. The molecule has 0 amide bonds. The van der Waals surface area contributed by atoms with Gasteiger partial charge in [0.05, 0.1) is 27.7 Å². The largest absolute Gasteiger partial charge is 0.756 e. The van der Waals surface area contributed by atoms with Crippen LogP contribution in [0.3, 0.4) is 0 Å². The van der Waals surface area contributed by atoms with Gasteiger partial charge in [0.25, 0.3) is 7.82 Å². The third kappa shape index (κ3) is 13.2. The van der Waals surface area contributed by atoms with Gasteiger partial charge in [-0.1, -0.05) is 33.1 Å². The Morgan fingerprint density at radius 3 is 2.22 bits per heavy atom. The van der Waals surface area contributed by atoms with Gasteiger partial charge in [-0.15, -0.1) is 0 Å². The predicted octanol–water partition coefficient (Wildman–Crippen LogP) is 2.53. The molecule has 0 radical (unpaired) electrons. The maximum absolute atomic E-state index is 12.4. The van der Waals surface area contributed by atoms with Gasteiger partial charge < -0.3 is 14.3 Å². The lowest BCUT2D eigenvalue weighted by molar-refractivity contribution is -0.870.